The smallest absolute Gasteiger partial charge is 0.322 e. The fraction of sp³-hybridized carbons (Fsp3) is 0.818. The first-order chi connectivity index (χ1) is 7.51. The molecule has 3 amide bonds. The van der Waals surface area contributed by atoms with E-state index in [-0.39, 0.29) is 5.91 Å². The fourth-order valence-corrected chi connectivity index (χ4v) is 1.96. The standard InChI is InChI=1S/C11H21N3O2/c1-3-4-5-6-7-8-11(2)9(15)14(12)10(16)13-11/h3-8,12H2,1-2H3,(H,13,16)/t11-/m0/s1. The zero-order chi connectivity index (χ0) is 12.2. The summed E-state index contributed by atoms with van der Waals surface area (Å²) in [6.07, 6.45) is 6.30. The lowest BCUT2D eigenvalue weighted by Crippen LogP contribution is -2.44. The lowest BCUT2D eigenvalue weighted by Gasteiger charge is -2.20. The van der Waals surface area contributed by atoms with Crippen LogP contribution in [0.3, 0.4) is 0 Å². The van der Waals surface area contributed by atoms with E-state index in [9.17, 15) is 9.59 Å². The molecular formula is C11H21N3O2. The Hall–Kier alpha value is -1.10. The molecule has 0 spiro atoms. The molecule has 0 radical (unpaired) electrons. The van der Waals surface area contributed by atoms with Crippen LogP contribution in [0, 0.1) is 0 Å². The average molecular weight is 227 g/mol. The van der Waals surface area contributed by atoms with Gasteiger partial charge in [0.1, 0.15) is 5.54 Å². The van der Waals surface area contributed by atoms with Gasteiger partial charge in [0.25, 0.3) is 5.91 Å². The molecule has 92 valence electrons. The van der Waals surface area contributed by atoms with E-state index in [1.807, 2.05) is 0 Å². The number of nitrogens with zero attached hydrogens (tertiary/aromatic N) is 1. The van der Waals surface area contributed by atoms with Crippen molar-refractivity contribution in [3.63, 3.8) is 0 Å². The van der Waals surface area contributed by atoms with Gasteiger partial charge in [0, 0.05) is 0 Å². The average Bonchev–Trinajstić information content (AvgIpc) is 2.43. The third kappa shape index (κ3) is 2.72. The van der Waals surface area contributed by atoms with Crippen LogP contribution in [0.2, 0.25) is 0 Å². The molecule has 1 fully saturated rings. The predicted molar refractivity (Wildman–Crippen MR) is 61.3 cm³/mol. The summed E-state index contributed by atoms with van der Waals surface area (Å²) in [7, 11) is 0. The molecule has 5 heteroatoms. The molecule has 1 atom stereocenters. The molecule has 0 bridgehead atoms. The Labute approximate surface area is 96.3 Å². The Kier molecular flexibility index (Phi) is 4.29. The van der Waals surface area contributed by atoms with Crippen LogP contribution in [0.5, 0.6) is 0 Å². The number of hydrazine groups is 1. The van der Waals surface area contributed by atoms with Crippen molar-refractivity contribution in [3.05, 3.63) is 0 Å². The highest BCUT2D eigenvalue weighted by molar-refractivity contribution is 6.06. The minimum absolute atomic E-state index is 0.326. The molecule has 0 unspecified atom stereocenters. The van der Waals surface area contributed by atoms with Gasteiger partial charge >= 0.3 is 6.03 Å². The van der Waals surface area contributed by atoms with E-state index in [4.69, 9.17) is 5.84 Å². The zero-order valence-corrected chi connectivity index (χ0v) is 10.1. The van der Waals surface area contributed by atoms with Gasteiger partial charge in [-0.05, 0) is 13.3 Å². The van der Waals surface area contributed by atoms with Crippen molar-refractivity contribution >= 4 is 11.9 Å². The number of nitrogens with one attached hydrogen (secondary N) is 1. The highest BCUT2D eigenvalue weighted by atomic mass is 16.2. The molecule has 1 heterocycles. The van der Waals surface area contributed by atoms with Gasteiger partial charge in [-0.1, -0.05) is 39.0 Å². The number of carbonyl (C=O) groups is 2. The number of nitrogens with two attached hydrogens (primary N) is 1. The van der Waals surface area contributed by atoms with Crippen LogP contribution in [-0.2, 0) is 4.79 Å². The molecule has 3 N–H and O–H groups in total. The number of urea groups is 1. The van der Waals surface area contributed by atoms with Crippen LogP contribution in [-0.4, -0.2) is 22.5 Å². The first-order valence-corrected chi connectivity index (χ1v) is 5.92. The molecule has 0 aliphatic carbocycles. The summed E-state index contributed by atoms with van der Waals surface area (Å²) in [6, 6.07) is -0.499. The van der Waals surface area contributed by atoms with Gasteiger partial charge in [-0.15, -0.1) is 0 Å². The van der Waals surface area contributed by atoms with Gasteiger partial charge in [0.05, 0.1) is 0 Å². The predicted octanol–water partition coefficient (Wildman–Crippen LogP) is 1.53. The van der Waals surface area contributed by atoms with Crippen LogP contribution in [0.15, 0.2) is 0 Å². The van der Waals surface area contributed by atoms with Crippen LogP contribution in [0.1, 0.15) is 52.4 Å². The second-order valence-electron chi connectivity index (χ2n) is 4.60. The third-order valence-electron chi connectivity index (χ3n) is 3.07. The van der Waals surface area contributed by atoms with Crippen molar-refractivity contribution in [1.29, 1.82) is 0 Å². The number of hydrogen-bond donors (Lipinski definition) is 2. The van der Waals surface area contributed by atoms with Crippen molar-refractivity contribution in [2.24, 2.45) is 5.84 Å². The van der Waals surface area contributed by atoms with Crippen molar-refractivity contribution in [2.45, 2.75) is 57.9 Å². The van der Waals surface area contributed by atoms with E-state index in [2.05, 4.69) is 12.2 Å². The van der Waals surface area contributed by atoms with Gasteiger partial charge < -0.3 is 5.32 Å². The highest BCUT2D eigenvalue weighted by Crippen LogP contribution is 2.22. The minimum atomic E-state index is -0.794. The van der Waals surface area contributed by atoms with Crippen LogP contribution < -0.4 is 11.2 Å². The second-order valence-corrected chi connectivity index (χ2v) is 4.60. The lowest BCUT2D eigenvalue weighted by molar-refractivity contribution is -0.131. The molecule has 1 rings (SSSR count). The summed E-state index contributed by atoms with van der Waals surface area (Å²) < 4.78 is 0. The summed E-state index contributed by atoms with van der Waals surface area (Å²) >= 11 is 0. The Balaban J connectivity index is 2.36. The van der Waals surface area contributed by atoms with Gasteiger partial charge in [-0.2, -0.15) is 5.01 Å². The Morgan fingerprint density at radius 3 is 2.38 bits per heavy atom. The van der Waals surface area contributed by atoms with Crippen LogP contribution in [0.25, 0.3) is 0 Å². The minimum Gasteiger partial charge on any atom is -0.322 e. The largest absolute Gasteiger partial charge is 0.339 e. The number of rotatable bonds is 6. The molecule has 1 aliphatic rings. The van der Waals surface area contributed by atoms with Crippen molar-refractivity contribution in [3.8, 4) is 0 Å². The molecule has 1 saturated heterocycles. The van der Waals surface area contributed by atoms with E-state index >= 15 is 0 Å². The quantitative estimate of drug-likeness (QED) is 0.313. The molecule has 16 heavy (non-hydrogen) atoms. The molecule has 1 aliphatic heterocycles. The molecule has 0 aromatic carbocycles. The second kappa shape index (κ2) is 5.30. The SMILES string of the molecule is CCCCCCC[C@]1(C)NC(=O)N(N)C1=O. The molecule has 0 aromatic rings. The molecule has 0 aromatic heterocycles. The monoisotopic (exact) mass is 227 g/mol. The first-order valence-electron chi connectivity index (χ1n) is 5.92. The fourth-order valence-electron chi connectivity index (χ4n) is 1.96. The number of imide groups is 1. The number of amides is 3. The summed E-state index contributed by atoms with van der Waals surface area (Å²) in [5.41, 5.74) is -0.794. The van der Waals surface area contributed by atoms with E-state index in [1.54, 1.807) is 6.92 Å². The molecule has 0 saturated carbocycles. The van der Waals surface area contributed by atoms with Crippen LogP contribution in [0.4, 0.5) is 4.79 Å². The van der Waals surface area contributed by atoms with E-state index in [0.29, 0.717) is 11.4 Å². The highest BCUT2D eigenvalue weighted by Gasteiger charge is 2.46. The van der Waals surface area contributed by atoms with Crippen molar-refractivity contribution < 1.29 is 9.59 Å². The topological polar surface area (TPSA) is 75.4 Å². The Bertz CT molecular complexity index is 280. The summed E-state index contributed by atoms with van der Waals surface area (Å²) in [4.78, 5) is 22.9. The maximum atomic E-state index is 11.7. The zero-order valence-electron chi connectivity index (χ0n) is 10.1. The van der Waals surface area contributed by atoms with E-state index in [1.165, 1.54) is 19.3 Å². The van der Waals surface area contributed by atoms with Gasteiger partial charge in [0.2, 0.25) is 0 Å². The van der Waals surface area contributed by atoms with Crippen LogP contribution >= 0.6 is 0 Å². The van der Waals surface area contributed by atoms with Crippen molar-refractivity contribution in [2.75, 3.05) is 0 Å². The maximum absolute atomic E-state index is 11.7. The van der Waals surface area contributed by atoms with Crippen molar-refractivity contribution in [1.82, 2.24) is 10.3 Å². The van der Waals surface area contributed by atoms with E-state index in [0.717, 1.165) is 12.8 Å². The summed E-state index contributed by atoms with van der Waals surface area (Å²) in [6.45, 7) is 3.90. The third-order valence-corrected chi connectivity index (χ3v) is 3.07. The molecule has 5 nitrogen and oxygen atoms in total. The first kappa shape index (κ1) is 13.0. The number of carbonyl (C=O) groups excluding carboxylic acids is 2. The van der Waals surface area contributed by atoms with Gasteiger partial charge in [-0.25, -0.2) is 10.6 Å². The summed E-state index contributed by atoms with van der Waals surface area (Å²) in [5.74, 6) is 5.00. The normalized spacial score (nSPS) is 25.1. The summed E-state index contributed by atoms with van der Waals surface area (Å²) in [5, 5.41) is 3.31. The van der Waals surface area contributed by atoms with Gasteiger partial charge in [-0.3, -0.25) is 4.79 Å². The lowest BCUT2D eigenvalue weighted by atomic mass is 9.94. The maximum Gasteiger partial charge on any atom is 0.339 e. The molecular weight excluding hydrogens is 206 g/mol. The van der Waals surface area contributed by atoms with Gasteiger partial charge in [0.15, 0.2) is 0 Å². The number of hydrogen-bond acceptors (Lipinski definition) is 3. The Morgan fingerprint density at radius 2 is 1.88 bits per heavy atom. The Morgan fingerprint density at radius 1 is 1.25 bits per heavy atom. The van der Waals surface area contributed by atoms with E-state index < -0.39 is 11.6 Å². The number of unbranched alkanes of at least 4 members (excludes halogenated alkanes) is 4.